The second-order valence-corrected chi connectivity index (χ2v) is 5.91. The van der Waals surface area contributed by atoms with Crippen LogP contribution in [0.2, 0.25) is 0 Å². The summed E-state index contributed by atoms with van der Waals surface area (Å²) in [5.41, 5.74) is 2.39. The van der Waals surface area contributed by atoms with Crippen LogP contribution in [-0.4, -0.2) is 33.1 Å². The summed E-state index contributed by atoms with van der Waals surface area (Å²) in [6.45, 7) is 0.502. The van der Waals surface area contributed by atoms with E-state index in [4.69, 9.17) is 0 Å². The van der Waals surface area contributed by atoms with Crippen molar-refractivity contribution in [2.45, 2.75) is 6.42 Å². The highest BCUT2D eigenvalue weighted by molar-refractivity contribution is 6.09. The maximum Gasteiger partial charge on any atom is 0.251 e. The first kappa shape index (κ1) is 17.4. The maximum atomic E-state index is 12.4. The molecular formula is C20H19N3O3. The number of hydrogen-bond donors (Lipinski definition) is 2. The second-order valence-electron chi connectivity index (χ2n) is 5.91. The number of benzene rings is 2. The van der Waals surface area contributed by atoms with E-state index in [1.54, 1.807) is 47.3 Å². The molecule has 26 heavy (non-hydrogen) atoms. The Labute approximate surface area is 151 Å². The van der Waals surface area contributed by atoms with Crippen LogP contribution in [0.3, 0.4) is 0 Å². The summed E-state index contributed by atoms with van der Waals surface area (Å²) in [4.78, 5) is 24.6. The molecule has 0 unspecified atom stereocenters. The van der Waals surface area contributed by atoms with Gasteiger partial charge in [-0.05, 0) is 30.3 Å². The van der Waals surface area contributed by atoms with E-state index in [1.165, 1.54) is 12.1 Å². The Morgan fingerprint density at radius 3 is 2.42 bits per heavy atom. The van der Waals surface area contributed by atoms with Crippen LogP contribution in [-0.2, 0) is 13.5 Å². The minimum Gasteiger partial charge on any atom is -0.508 e. The summed E-state index contributed by atoms with van der Waals surface area (Å²) in [6, 6.07) is 14.6. The fourth-order valence-corrected chi connectivity index (χ4v) is 2.64. The lowest BCUT2D eigenvalue weighted by molar-refractivity contribution is 0.0952. The van der Waals surface area contributed by atoms with Crippen molar-refractivity contribution in [3.63, 3.8) is 0 Å². The van der Waals surface area contributed by atoms with Crippen LogP contribution in [0.25, 0.3) is 0 Å². The number of phenols is 1. The van der Waals surface area contributed by atoms with Crippen molar-refractivity contribution < 1.29 is 14.7 Å². The van der Waals surface area contributed by atoms with Crippen molar-refractivity contribution in [3.8, 4) is 5.75 Å². The van der Waals surface area contributed by atoms with E-state index < -0.39 is 0 Å². The maximum absolute atomic E-state index is 12.4. The molecule has 3 aromatic rings. The van der Waals surface area contributed by atoms with Crippen LogP contribution in [0.4, 0.5) is 0 Å². The molecule has 0 aliphatic rings. The number of aromatic nitrogens is 2. The third kappa shape index (κ3) is 3.97. The molecule has 2 aromatic carbocycles. The van der Waals surface area contributed by atoms with Crippen molar-refractivity contribution in [2.75, 3.05) is 6.54 Å². The van der Waals surface area contributed by atoms with Gasteiger partial charge in [0.1, 0.15) is 5.75 Å². The van der Waals surface area contributed by atoms with Gasteiger partial charge in [-0.25, -0.2) is 0 Å². The number of ketones is 1. The molecular weight excluding hydrogens is 330 g/mol. The van der Waals surface area contributed by atoms with Gasteiger partial charge >= 0.3 is 0 Å². The molecule has 0 radical (unpaired) electrons. The zero-order valence-electron chi connectivity index (χ0n) is 14.3. The number of hydrogen-bond acceptors (Lipinski definition) is 4. The van der Waals surface area contributed by atoms with Crippen molar-refractivity contribution >= 4 is 11.7 Å². The fraction of sp³-hybridized carbons (Fsp3) is 0.150. The highest BCUT2D eigenvalue weighted by atomic mass is 16.3. The van der Waals surface area contributed by atoms with Gasteiger partial charge in [0.2, 0.25) is 0 Å². The number of aromatic hydroxyl groups is 1. The summed E-state index contributed by atoms with van der Waals surface area (Å²) in [5, 5.41) is 16.4. The van der Waals surface area contributed by atoms with Gasteiger partial charge in [-0.3, -0.25) is 14.3 Å². The highest BCUT2D eigenvalue weighted by Gasteiger charge is 2.11. The Hall–Kier alpha value is -3.41. The number of amides is 1. The first-order chi connectivity index (χ1) is 12.5. The van der Waals surface area contributed by atoms with Crippen molar-refractivity contribution in [1.29, 1.82) is 0 Å². The van der Waals surface area contributed by atoms with Gasteiger partial charge < -0.3 is 10.4 Å². The molecule has 0 atom stereocenters. The Kier molecular flexibility index (Phi) is 5.12. The van der Waals surface area contributed by atoms with Crippen LogP contribution in [0.5, 0.6) is 5.75 Å². The lowest BCUT2D eigenvalue weighted by Gasteiger charge is -2.07. The molecule has 6 nitrogen and oxygen atoms in total. The van der Waals surface area contributed by atoms with Crippen LogP contribution in [0.15, 0.2) is 60.8 Å². The number of phenolic OH excluding ortho intramolecular Hbond substituents is 1. The topological polar surface area (TPSA) is 84.2 Å². The predicted octanol–water partition coefficient (Wildman–Crippen LogP) is 2.33. The number of nitrogens with zero attached hydrogens (tertiary/aromatic N) is 2. The summed E-state index contributed by atoms with van der Waals surface area (Å²) in [7, 11) is 1.86. The van der Waals surface area contributed by atoms with E-state index in [2.05, 4.69) is 10.4 Å². The van der Waals surface area contributed by atoms with Gasteiger partial charge in [0.05, 0.1) is 0 Å². The largest absolute Gasteiger partial charge is 0.508 e. The van der Waals surface area contributed by atoms with Gasteiger partial charge in [-0.2, -0.15) is 5.10 Å². The second kappa shape index (κ2) is 7.65. The molecule has 2 N–H and O–H groups in total. The first-order valence-electron chi connectivity index (χ1n) is 8.23. The monoisotopic (exact) mass is 349 g/mol. The SMILES string of the molecule is Cn1nccc1CCNC(=O)c1ccc(C(=O)c2cccc(O)c2)cc1. The van der Waals surface area contributed by atoms with Crippen LogP contribution in [0, 0.1) is 0 Å². The Bertz CT molecular complexity index is 929. The molecule has 0 aliphatic heterocycles. The molecule has 1 amide bonds. The van der Waals surface area contributed by atoms with E-state index in [-0.39, 0.29) is 17.4 Å². The Morgan fingerprint density at radius 2 is 1.77 bits per heavy atom. The van der Waals surface area contributed by atoms with E-state index in [0.29, 0.717) is 29.7 Å². The number of rotatable bonds is 6. The van der Waals surface area contributed by atoms with Crippen molar-refractivity contribution in [1.82, 2.24) is 15.1 Å². The quantitative estimate of drug-likeness (QED) is 0.669. The molecule has 0 fully saturated rings. The predicted molar refractivity (Wildman–Crippen MR) is 97.2 cm³/mol. The van der Waals surface area contributed by atoms with Crippen LogP contribution >= 0.6 is 0 Å². The number of nitrogens with one attached hydrogen (secondary N) is 1. The molecule has 0 aliphatic carbocycles. The molecule has 1 heterocycles. The molecule has 6 heteroatoms. The molecule has 132 valence electrons. The third-order valence-electron chi connectivity index (χ3n) is 4.11. The van der Waals surface area contributed by atoms with Crippen molar-refractivity contribution in [2.24, 2.45) is 7.05 Å². The molecule has 1 aromatic heterocycles. The average molecular weight is 349 g/mol. The van der Waals surface area contributed by atoms with Gasteiger partial charge in [-0.1, -0.05) is 24.3 Å². The molecule has 0 saturated carbocycles. The molecule has 3 rings (SSSR count). The van der Waals surface area contributed by atoms with E-state index in [1.807, 2.05) is 13.1 Å². The van der Waals surface area contributed by atoms with E-state index in [0.717, 1.165) is 5.69 Å². The van der Waals surface area contributed by atoms with Crippen LogP contribution in [0.1, 0.15) is 32.0 Å². The summed E-state index contributed by atoms with van der Waals surface area (Å²) in [6.07, 6.45) is 2.41. The zero-order chi connectivity index (χ0) is 18.5. The number of aryl methyl sites for hydroxylation is 1. The smallest absolute Gasteiger partial charge is 0.251 e. The van der Waals surface area contributed by atoms with E-state index >= 15 is 0 Å². The fourth-order valence-electron chi connectivity index (χ4n) is 2.64. The molecule has 0 spiro atoms. The van der Waals surface area contributed by atoms with Crippen LogP contribution < -0.4 is 5.32 Å². The third-order valence-corrected chi connectivity index (χ3v) is 4.11. The summed E-state index contributed by atoms with van der Waals surface area (Å²) >= 11 is 0. The summed E-state index contributed by atoms with van der Waals surface area (Å²) < 4.78 is 1.77. The standard InChI is InChI=1S/C20H19N3O3/c1-23-17(10-12-22-23)9-11-21-20(26)15-7-5-14(6-8-15)19(25)16-3-2-4-18(24)13-16/h2-8,10,12-13,24H,9,11H2,1H3,(H,21,26). The first-order valence-corrected chi connectivity index (χ1v) is 8.23. The molecule has 0 bridgehead atoms. The minimum absolute atomic E-state index is 0.0419. The highest BCUT2D eigenvalue weighted by Crippen LogP contribution is 2.16. The number of carbonyl (C=O) groups is 2. The Balaban J connectivity index is 1.60. The number of carbonyl (C=O) groups excluding carboxylic acids is 2. The lowest BCUT2D eigenvalue weighted by Crippen LogP contribution is -2.26. The average Bonchev–Trinajstić information content (AvgIpc) is 3.06. The Morgan fingerprint density at radius 1 is 1.04 bits per heavy atom. The lowest BCUT2D eigenvalue weighted by atomic mass is 10.0. The van der Waals surface area contributed by atoms with E-state index in [9.17, 15) is 14.7 Å². The summed E-state index contributed by atoms with van der Waals surface area (Å²) in [5.74, 6) is -0.354. The van der Waals surface area contributed by atoms with Gasteiger partial charge in [0.15, 0.2) is 5.78 Å². The van der Waals surface area contributed by atoms with Crippen molar-refractivity contribution in [3.05, 3.63) is 83.2 Å². The van der Waals surface area contributed by atoms with Gasteiger partial charge in [-0.15, -0.1) is 0 Å². The van der Waals surface area contributed by atoms with Gasteiger partial charge in [0.25, 0.3) is 5.91 Å². The molecule has 0 saturated heterocycles. The van der Waals surface area contributed by atoms with Gasteiger partial charge in [0, 0.05) is 48.6 Å². The normalized spacial score (nSPS) is 10.5. The minimum atomic E-state index is -0.205. The zero-order valence-corrected chi connectivity index (χ0v) is 14.3.